The van der Waals surface area contributed by atoms with Crippen molar-refractivity contribution in [3.63, 3.8) is 0 Å². The molecule has 4 aliphatic carbocycles. The van der Waals surface area contributed by atoms with Crippen molar-refractivity contribution in [2.24, 2.45) is 46.3 Å². The Morgan fingerprint density at radius 3 is 2.40 bits per heavy atom. The molecule has 0 aromatic carbocycles. The quantitative estimate of drug-likeness (QED) is 0.423. The van der Waals surface area contributed by atoms with Crippen molar-refractivity contribution in [3.05, 3.63) is 0 Å². The molecule has 172 valence electrons. The molecule has 0 spiro atoms. The van der Waals surface area contributed by atoms with Crippen molar-refractivity contribution in [1.29, 1.82) is 0 Å². The van der Waals surface area contributed by atoms with Gasteiger partial charge in [0, 0.05) is 5.41 Å². The molecule has 4 fully saturated rings. The number of hydrogen-bond acceptors (Lipinski definition) is 2. The van der Waals surface area contributed by atoms with Crippen LogP contribution in [0.2, 0.25) is 0 Å². The number of aliphatic hydroxyl groups is 1. The van der Waals surface area contributed by atoms with Crippen molar-refractivity contribution >= 4 is 21.7 Å². The Balaban J connectivity index is 1.58. The van der Waals surface area contributed by atoms with E-state index in [1.54, 1.807) is 0 Å². The zero-order valence-electron chi connectivity index (χ0n) is 20.1. The maximum absolute atomic E-state index is 13.6. The summed E-state index contributed by atoms with van der Waals surface area (Å²) in [6.07, 6.45) is 13.0. The van der Waals surface area contributed by atoms with E-state index in [0.717, 1.165) is 30.6 Å². The van der Waals surface area contributed by atoms with E-state index in [1.807, 2.05) is 0 Å². The first kappa shape index (κ1) is 23.3. The van der Waals surface area contributed by atoms with Crippen molar-refractivity contribution in [2.75, 3.05) is 0 Å². The molecule has 1 N–H and O–H groups in total. The molecule has 9 atom stereocenters. The van der Waals surface area contributed by atoms with Crippen LogP contribution in [0.3, 0.4) is 0 Å². The van der Waals surface area contributed by atoms with E-state index >= 15 is 0 Å². The Hall–Kier alpha value is 0.110. The molecule has 30 heavy (non-hydrogen) atoms. The van der Waals surface area contributed by atoms with E-state index in [0.29, 0.717) is 29.6 Å². The van der Waals surface area contributed by atoms with Gasteiger partial charge in [-0.15, -0.1) is 0 Å². The Kier molecular flexibility index (Phi) is 6.33. The molecule has 0 radical (unpaired) electrons. The van der Waals surface area contributed by atoms with Crippen LogP contribution in [0.1, 0.15) is 105 Å². The number of halogens is 1. The molecule has 4 aliphatic rings. The first-order valence-electron chi connectivity index (χ1n) is 13.0. The lowest BCUT2D eigenvalue weighted by molar-refractivity contribution is -0.201. The first-order valence-corrected chi connectivity index (χ1v) is 13.9. The second-order valence-corrected chi connectivity index (χ2v) is 13.6. The summed E-state index contributed by atoms with van der Waals surface area (Å²) in [5.41, 5.74) is -0.957. The molecule has 4 rings (SSSR count). The van der Waals surface area contributed by atoms with Gasteiger partial charge in [0.05, 0.1) is 4.83 Å². The molecule has 0 bridgehead atoms. The van der Waals surface area contributed by atoms with E-state index < -0.39 is 5.60 Å². The summed E-state index contributed by atoms with van der Waals surface area (Å²) >= 11 is 3.88. The summed E-state index contributed by atoms with van der Waals surface area (Å²) in [5, 5.41) is 11.6. The molecule has 2 nitrogen and oxygen atoms in total. The number of alkyl halides is 1. The minimum atomic E-state index is -1.10. The Morgan fingerprint density at radius 1 is 1.00 bits per heavy atom. The van der Waals surface area contributed by atoms with Gasteiger partial charge in [-0.3, -0.25) is 4.79 Å². The molecule has 0 amide bonds. The number of ketones is 1. The molecular formula is C27H45BrO2. The van der Waals surface area contributed by atoms with E-state index in [1.165, 1.54) is 51.4 Å². The van der Waals surface area contributed by atoms with Crippen LogP contribution in [0, 0.1) is 46.3 Å². The lowest BCUT2D eigenvalue weighted by Gasteiger charge is -2.64. The molecule has 0 unspecified atom stereocenters. The molecule has 3 heteroatoms. The number of carbonyl (C=O) groups excluding carboxylic acids is 1. The fraction of sp³-hybridized carbons (Fsp3) is 0.963. The van der Waals surface area contributed by atoms with Gasteiger partial charge in [0.1, 0.15) is 5.60 Å². The monoisotopic (exact) mass is 480 g/mol. The van der Waals surface area contributed by atoms with Gasteiger partial charge >= 0.3 is 0 Å². The third-order valence-electron chi connectivity index (χ3n) is 10.8. The van der Waals surface area contributed by atoms with Gasteiger partial charge in [-0.2, -0.15) is 0 Å². The van der Waals surface area contributed by atoms with Crippen LogP contribution in [0.5, 0.6) is 0 Å². The Bertz CT molecular complexity index is 661. The lowest BCUT2D eigenvalue weighted by Crippen LogP contribution is -2.69. The first-order chi connectivity index (χ1) is 14.1. The third kappa shape index (κ3) is 3.30. The zero-order valence-corrected chi connectivity index (χ0v) is 21.6. The van der Waals surface area contributed by atoms with Crippen molar-refractivity contribution in [2.45, 2.75) is 116 Å². The van der Waals surface area contributed by atoms with Gasteiger partial charge in [-0.1, -0.05) is 82.7 Å². The molecule has 0 saturated heterocycles. The topological polar surface area (TPSA) is 37.3 Å². The maximum Gasteiger partial charge on any atom is 0.178 e. The summed E-state index contributed by atoms with van der Waals surface area (Å²) in [6.45, 7) is 12.0. The number of Topliss-reactive ketones (excluding diaryl/α,β-unsaturated/α-hetero) is 1. The molecular weight excluding hydrogens is 436 g/mol. The van der Waals surface area contributed by atoms with Gasteiger partial charge in [0.2, 0.25) is 0 Å². The fourth-order valence-corrected chi connectivity index (χ4v) is 10.2. The number of carbonyl (C=O) groups is 1. The highest BCUT2D eigenvalue weighted by molar-refractivity contribution is 9.10. The predicted octanol–water partition coefficient (Wildman–Crippen LogP) is 7.17. The van der Waals surface area contributed by atoms with Gasteiger partial charge in [-0.05, 0) is 79.4 Å². The van der Waals surface area contributed by atoms with Gasteiger partial charge in [-0.25, -0.2) is 0 Å². The molecule has 0 aromatic heterocycles. The molecule has 0 aromatic rings. The fourth-order valence-electron chi connectivity index (χ4n) is 9.04. The van der Waals surface area contributed by atoms with Crippen LogP contribution in [-0.4, -0.2) is 21.3 Å². The van der Waals surface area contributed by atoms with Crippen molar-refractivity contribution in [3.8, 4) is 0 Å². The Morgan fingerprint density at radius 2 is 1.70 bits per heavy atom. The zero-order chi connectivity index (χ0) is 21.9. The lowest BCUT2D eigenvalue weighted by atomic mass is 9.43. The van der Waals surface area contributed by atoms with Gasteiger partial charge < -0.3 is 5.11 Å². The second-order valence-electron chi connectivity index (χ2n) is 12.6. The summed E-state index contributed by atoms with van der Waals surface area (Å²) in [5.74, 6) is 4.02. The number of rotatable bonds is 5. The summed E-state index contributed by atoms with van der Waals surface area (Å²) < 4.78 is 0. The predicted molar refractivity (Wildman–Crippen MR) is 128 cm³/mol. The van der Waals surface area contributed by atoms with Crippen molar-refractivity contribution < 1.29 is 9.90 Å². The van der Waals surface area contributed by atoms with Crippen LogP contribution in [0.25, 0.3) is 0 Å². The number of hydrogen-bond donors (Lipinski definition) is 1. The van der Waals surface area contributed by atoms with Gasteiger partial charge in [0.25, 0.3) is 0 Å². The van der Waals surface area contributed by atoms with Crippen LogP contribution < -0.4 is 0 Å². The second kappa shape index (κ2) is 8.15. The standard InChI is InChI=1S/C27H45BrO2/c1-17(2)9-8-10-18(3)19-11-12-20-22-21(13-16-25(19,20)4)26(5)14-6-7-15-27(26,30)24(29)23(22)28/h17-23,30H,6-16H2,1-5H3/t18-,19-,20+,21+,22+,23-,25-,26-,27+/m1/s1. The maximum atomic E-state index is 13.6. The van der Waals surface area contributed by atoms with E-state index in [4.69, 9.17) is 0 Å². The highest BCUT2D eigenvalue weighted by Crippen LogP contribution is 2.69. The molecule has 0 heterocycles. The summed E-state index contributed by atoms with van der Waals surface area (Å²) in [4.78, 5) is 13.4. The van der Waals surface area contributed by atoms with E-state index in [-0.39, 0.29) is 16.0 Å². The van der Waals surface area contributed by atoms with E-state index in [2.05, 4.69) is 50.5 Å². The van der Waals surface area contributed by atoms with Crippen LogP contribution >= 0.6 is 15.9 Å². The largest absolute Gasteiger partial charge is 0.381 e. The highest BCUT2D eigenvalue weighted by Gasteiger charge is 2.69. The van der Waals surface area contributed by atoms with Crippen LogP contribution in [0.4, 0.5) is 0 Å². The minimum absolute atomic E-state index is 0.114. The van der Waals surface area contributed by atoms with Crippen LogP contribution in [0.15, 0.2) is 0 Å². The molecule has 0 aliphatic heterocycles. The van der Waals surface area contributed by atoms with E-state index in [9.17, 15) is 9.90 Å². The average Bonchev–Trinajstić information content (AvgIpc) is 3.04. The van der Waals surface area contributed by atoms with Crippen LogP contribution in [-0.2, 0) is 4.79 Å². The number of fused-ring (bicyclic) bond motifs is 5. The smallest absolute Gasteiger partial charge is 0.178 e. The minimum Gasteiger partial charge on any atom is -0.381 e. The summed E-state index contributed by atoms with van der Waals surface area (Å²) in [7, 11) is 0. The summed E-state index contributed by atoms with van der Waals surface area (Å²) in [6, 6.07) is 0. The highest BCUT2D eigenvalue weighted by atomic mass is 79.9. The van der Waals surface area contributed by atoms with Crippen molar-refractivity contribution in [1.82, 2.24) is 0 Å². The SMILES string of the molecule is CC(C)CCC[C@@H](C)[C@H]1CC[C@H]2[C@@H]3[C@@H](Br)C(=O)[C@@]4(O)CCCC[C@]4(C)[C@H]3CC[C@]12C. The average molecular weight is 482 g/mol. The normalized spacial score (nSPS) is 49.5. The molecule has 4 saturated carbocycles. The third-order valence-corrected chi connectivity index (χ3v) is 11.8. The van der Waals surface area contributed by atoms with Gasteiger partial charge in [0.15, 0.2) is 5.78 Å². The Labute approximate surface area is 193 Å².